The number of likely N-dealkylation sites (tertiary alicyclic amines) is 1. The minimum absolute atomic E-state index is 0.0618. The van der Waals surface area contributed by atoms with Crippen molar-refractivity contribution in [1.29, 1.82) is 0 Å². The lowest BCUT2D eigenvalue weighted by molar-refractivity contribution is -0.127. The van der Waals surface area contributed by atoms with Crippen LogP contribution < -0.4 is 10.1 Å². The molecule has 1 unspecified atom stereocenters. The Bertz CT molecular complexity index is 1070. The third kappa shape index (κ3) is 6.33. The summed E-state index contributed by atoms with van der Waals surface area (Å²) in [6.07, 6.45) is 1.96. The number of benzene rings is 2. The van der Waals surface area contributed by atoms with Crippen LogP contribution in [-0.2, 0) is 17.9 Å². The van der Waals surface area contributed by atoms with Crippen LogP contribution >= 0.6 is 11.6 Å². The highest BCUT2D eigenvalue weighted by molar-refractivity contribution is 6.33. The molecule has 1 amide bonds. The molecule has 0 bridgehead atoms. The summed E-state index contributed by atoms with van der Waals surface area (Å²) in [5, 5.41) is 7.72. The number of carbonyl (C=O) groups excluding carboxylic acids is 1. The summed E-state index contributed by atoms with van der Waals surface area (Å²) in [4.78, 5) is 19.5. The minimum atomic E-state index is -0.0618. The second-order valence-corrected chi connectivity index (χ2v) is 9.00. The fourth-order valence-corrected chi connectivity index (χ4v) is 4.19. The van der Waals surface area contributed by atoms with E-state index >= 15 is 0 Å². The lowest BCUT2D eigenvalue weighted by Gasteiger charge is -2.30. The molecule has 1 aromatic heterocycles. The molecule has 1 atom stereocenters. The van der Waals surface area contributed by atoms with Crippen LogP contribution in [0.2, 0.25) is 5.02 Å². The molecule has 1 fully saturated rings. The predicted molar refractivity (Wildman–Crippen MR) is 127 cm³/mol. The summed E-state index contributed by atoms with van der Waals surface area (Å²) in [5.74, 6) is 1.85. The minimum Gasteiger partial charge on any atom is -0.491 e. The van der Waals surface area contributed by atoms with Crippen molar-refractivity contribution >= 4 is 17.5 Å². The third-order valence-electron chi connectivity index (χ3n) is 5.58. The standard InChI is InChI=1S/C25H29ClN4O3/c1-17(2)32-20-11-9-18(10-12-20)14-27-25(31)19-6-5-13-30(15-19)16-23-28-24(29-33-23)21-7-3-4-8-22(21)26/h3-4,7-12,17,19H,5-6,13-16H2,1-2H3,(H,27,31). The Hall–Kier alpha value is -2.90. The highest BCUT2D eigenvalue weighted by Gasteiger charge is 2.27. The number of carbonyl (C=O) groups is 1. The smallest absolute Gasteiger partial charge is 0.241 e. The van der Waals surface area contributed by atoms with Crippen LogP contribution in [0.25, 0.3) is 11.4 Å². The maximum Gasteiger partial charge on any atom is 0.241 e. The molecule has 0 saturated carbocycles. The first-order valence-corrected chi connectivity index (χ1v) is 11.7. The molecule has 4 rings (SSSR count). The molecule has 0 aliphatic carbocycles. The van der Waals surface area contributed by atoms with Crippen molar-refractivity contribution in [3.05, 3.63) is 65.0 Å². The van der Waals surface area contributed by atoms with E-state index in [0.29, 0.717) is 36.4 Å². The first-order chi connectivity index (χ1) is 16.0. The molecule has 3 aromatic rings. The van der Waals surface area contributed by atoms with Gasteiger partial charge in [-0.25, -0.2) is 0 Å². The molecule has 0 spiro atoms. The van der Waals surface area contributed by atoms with E-state index in [2.05, 4.69) is 20.4 Å². The van der Waals surface area contributed by atoms with Gasteiger partial charge in [-0.15, -0.1) is 0 Å². The number of hydrogen-bond acceptors (Lipinski definition) is 6. The van der Waals surface area contributed by atoms with Gasteiger partial charge < -0.3 is 14.6 Å². The maximum absolute atomic E-state index is 12.8. The zero-order valence-corrected chi connectivity index (χ0v) is 19.7. The van der Waals surface area contributed by atoms with E-state index < -0.39 is 0 Å². The highest BCUT2D eigenvalue weighted by atomic mass is 35.5. The first-order valence-electron chi connectivity index (χ1n) is 11.3. The number of aromatic nitrogens is 2. The summed E-state index contributed by atoms with van der Waals surface area (Å²) in [6.45, 7) is 6.57. The van der Waals surface area contributed by atoms with Crippen molar-refractivity contribution in [3.63, 3.8) is 0 Å². The van der Waals surface area contributed by atoms with E-state index in [0.717, 1.165) is 36.3 Å². The van der Waals surface area contributed by atoms with Crippen LogP contribution in [0, 0.1) is 5.92 Å². The normalized spacial score (nSPS) is 16.7. The summed E-state index contributed by atoms with van der Waals surface area (Å²) >= 11 is 6.23. The van der Waals surface area contributed by atoms with Gasteiger partial charge >= 0.3 is 0 Å². The largest absolute Gasteiger partial charge is 0.491 e. The fraction of sp³-hybridized carbons (Fsp3) is 0.400. The predicted octanol–water partition coefficient (Wildman–Crippen LogP) is 4.71. The van der Waals surface area contributed by atoms with Gasteiger partial charge in [-0.3, -0.25) is 9.69 Å². The fourth-order valence-electron chi connectivity index (χ4n) is 3.97. The quantitative estimate of drug-likeness (QED) is 0.516. The lowest BCUT2D eigenvalue weighted by atomic mass is 9.97. The van der Waals surface area contributed by atoms with Crippen LogP contribution in [0.4, 0.5) is 0 Å². The maximum atomic E-state index is 12.8. The van der Waals surface area contributed by atoms with Crippen molar-refractivity contribution in [3.8, 4) is 17.1 Å². The zero-order chi connectivity index (χ0) is 23.2. The van der Waals surface area contributed by atoms with Crippen molar-refractivity contribution in [2.24, 2.45) is 5.92 Å². The number of nitrogens with one attached hydrogen (secondary N) is 1. The Morgan fingerprint density at radius 1 is 1.24 bits per heavy atom. The van der Waals surface area contributed by atoms with E-state index in [1.54, 1.807) is 6.07 Å². The Labute approximate surface area is 199 Å². The monoisotopic (exact) mass is 468 g/mol. The molecule has 174 valence electrons. The zero-order valence-electron chi connectivity index (χ0n) is 19.0. The Kier molecular flexibility index (Phi) is 7.62. The van der Waals surface area contributed by atoms with Crippen molar-refractivity contribution in [1.82, 2.24) is 20.4 Å². The highest BCUT2D eigenvalue weighted by Crippen LogP contribution is 2.26. The number of amides is 1. The van der Waals surface area contributed by atoms with Crippen molar-refractivity contribution in [2.75, 3.05) is 13.1 Å². The second-order valence-electron chi connectivity index (χ2n) is 8.59. The van der Waals surface area contributed by atoms with Gasteiger partial charge in [0.25, 0.3) is 0 Å². The van der Waals surface area contributed by atoms with Gasteiger partial charge in [0.15, 0.2) is 0 Å². The molecule has 8 heteroatoms. The molecule has 2 heterocycles. The van der Waals surface area contributed by atoms with Crippen LogP contribution in [0.15, 0.2) is 53.1 Å². The van der Waals surface area contributed by atoms with Gasteiger partial charge in [0.1, 0.15) is 5.75 Å². The summed E-state index contributed by atoms with van der Waals surface area (Å²) in [7, 11) is 0. The lowest BCUT2D eigenvalue weighted by Crippen LogP contribution is -2.42. The van der Waals surface area contributed by atoms with Crippen molar-refractivity contribution in [2.45, 2.75) is 45.9 Å². The van der Waals surface area contributed by atoms with Crippen LogP contribution in [0.1, 0.15) is 38.1 Å². The molecule has 2 aromatic carbocycles. The molecule has 0 radical (unpaired) electrons. The van der Waals surface area contributed by atoms with E-state index in [1.807, 2.05) is 56.3 Å². The molecule has 1 N–H and O–H groups in total. The van der Waals surface area contributed by atoms with Gasteiger partial charge in [-0.2, -0.15) is 4.98 Å². The van der Waals surface area contributed by atoms with Gasteiger partial charge in [0, 0.05) is 18.7 Å². The topological polar surface area (TPSA) is 80.5 Å². The molecular formula is C25H29ClN4O3. The van der Waals surface area contributed by atoms with Crippen molar-refractivity contribution < 1.29 is 14.1 Å². The SMILES string of the molecule is CC(C)Oc1ccc(CNC(=O)C2CCCN(Cc3nc(-c4ccccc4Cl)no3)C2)cc1. The molecule has 1 aliphatic heterocycles. The number of piperidine rings is 1. The van der Waals surface area contributed by atoms with Crippen LogP contribution in [-0.4, -0.2) is 40.1 Å². The number of nitrogens with zero attached hydrogens (tertiary/aromatic N) is 3. The van der Waals surface area contributed by atoms with Crippen LogP contribution in [0.3, 0.4) is 0 Å². The third-order valence-corrected chi connectivity index (χ3v) is 5.91. The summed E-state index contributed by atoms with van der Waals surface area (Å²) in [6, 6.07) is 15.3. The molecule has 1 saturated heterocycles. The molecule has 1 aliphatic rings. The molecular weight excluding hydrogens is 440 g/mol. The molecule has 33 heavy (non-hydrogen) atoms. The van der Waals surface area contributed by atoms with Gasteiger partial charge in [0.05, 0.1) is 23.6 Å². The number of ether oxygens (including phenoxy) is 1. The average molecular weight is 469 g/mol. The van der Waals surface area contributed by atoms with Gasteiger partial charge in [-0.05, 0) is 63.1 Å². The average Bonchev–Trinajstić information content (AvgIpc) is 3.26. The number of hydrogen-bond donors (Lipinski definition) is 1. The van der Waals surface area contributed by atoms with Crippen LogP contribution in [0.5, 0.6) is 5.75 Å². The van der Waals surface area contributed by atoms with Gasteiger partial charge in [-0.1, -0.05) is 41.0 Å². The summed E-state index contributed by atoms with van der Waals surface area (Å²) < 4.78 is 11.1. The Morgan fingerprint density at radius 2 is 2.03 bits per heavy atom. The van der Waals surface area contributed by atoms with E-state index in [4.69, 9.17) is 20.9 Å². The Balaban J connectivity index is 1.28. The second kappa shape index (κ2) is 10.8. The van der Waals surface area contributed by atoms with E-state index in [9.17, 15) is 4.79 Å². The van der Waals surface area contributed by atoms with E-state index in [-0.39, 0.29) is 17.9 Å². The van der Waals surface area contributed by atoms with Gasteiger partial charge in [0.2, 0.25) is 17.6 Å². The number of halogens is 1. The molecule has 7 nitrogen and oxygen atoms in total. The first kappa shape index (κ1) is 23.3. The Morgan fingerprint density at radius 3 is 2.79 bits per heavy atom. The number of rotatable bonds is 8. The summed E-state index contributed by atoms with van der Waals surface area (Å²) in [5.41, 5.74) is 1.79. The van der Waals surface area contributed by atoms with E-state index in [1.165, 1.54) is 0 Å².